The van der Waals surface area contributed by atoms with E-state index in [0.29, 0.717) is 18.4 Å². The summed E-state index contributed by atoms with van der Waals surface area (Å²) in [6.07, 6.45) is 11.3. The average Bonchev–Trinajstić information content (AvgIpc) is 2.86. The monoisotopic (exact) mass is 334 g/mol. The summed E-state index contributed by atoms with van der Waals surface area (Å²) in [6.45, 7) is 3.20. The summed E-state index contributed by atoms with van der Waals surface area (Å²) in [5.74, 6) is 1.29. The molecular formula is C18H30N4O2. The van der Waals surface area contributed by atoms with Crippen LogP contribution in [0.15, 0.2) is 6.20 Å². The molecule has 0 radical (unpaired) electrons. The van der Waals surface area contributed by atoms with Crippen LogP contribution in [0.1, 0.15) is 57.1 Å². The smallest absolute Gasteiger partial charge is 0.225 e. The number of rotatable bonds is 5. The fourth-order valence-corrected chi connectivity index (χ4v) is 4.03. The van der Waals surface area contributed by atoms with Gasteiger partial charge in [-0.05, 0) is 31.6 Å². The zero-order chi connectivity index (χ0) is 16.8. The predicted molar refractivity (Wildman–Crippen MR) is 91.2 cm³/mol. The number of carbonyl (C=O) groups is 1. The third kappa shape index (κ3) is 4.56. The van der Waals surface area contributed by atoms with E-state index in [0.717, 1.165) is 51.0 Å². The molecule has 6 nitrogen and oxygen atoms in total. The standard InChI is InChI=1S/C18H30N4O2/c1-24-14-17-13-22(20-19-17)12-15-8-10-21(11-9-15)18(23)16-6-4-2-3-5-7-16/h13,15-16H,2-12,14H2,1H3. The molecule has 3 rings (SSSR count). The molecule has 0 atom stereocenters. The Morgan fingerprint density at radius 3 is 2.54 bits per heavy atom. The third-order valence-corrected chi connectivity index (χ3v) is 5.45. The number of hydrogen-bond acceptors (Lipinski definition) is 4. The van der Waals surface area contributed by atoms with E-state index in [1.165, 1.54) is 25.7 Å². The summed E-state index contributed by atoms with van der Waals surface area (Å²) in [6, 6.07) is 0. The maximum Gasteiger partial charge on any atom is 0.225 e. The molecule has 24 heavy (non-hydrogen) atoms. The zero-order valence-electron chi connectivity index (χ0n) is 14.8. The summed E-state index contributed by atoms with van der Waals surface area (Å²) in [7, 11) is 1.67. The van der Waals surface area contributed by atoms with Crippen LogP contribution in [0.5, 0.6) is 0 Å². The first-order valence-corrected chi connectivity index (χ1v) is 9.43. The highest BCUT2D eigenvalue weighted by Crippen LogP contribution is 2.27. The number of ether oxygens (including phenoxy) is 1. The lowest BCUT2D eigenvalue weighted by molar-refractivity contribution is -0.137. The van der Waals surface area contributed by atoms with Crippen molar-refractivity contribution in [2.24, 2.45) is 11.8 Å². The molecule has 0 unspecified atom stereocenters. The second-order valence-electron chi connectivity index (χ2n) is 7.32. The lowest BCUT2D eigenvalue weighted by Crippen LogP contribution is -2.42. The van der Waals surface area contributed by atoms with Gasteiger partial charge in [0.05, 0.1) is 12.8 Å². The van der Waals surface area contributed by atoms with Gasteiger partial charge in [-0.25, -0.2) is 0 Å². The topological polar surface area (TPSA) is 60.2 Å². The molecule has 6 heteroatoms. The Bertz CT molecular complexity index is 515. The van der Waals surface area contributed by atoms with Crippen molar-refractivity contribution in [2.75, 3.05) is 20.2 Å². The zero-order valence-corrected chi connectivity index (χ0v) is 14.8. The number of methoxy groups -OCH3 is 1. The number of nitrogens with zero attached hydrogens (tertiary/aromatic N) is 4. The molecule has 2 heterocycles. The van der Waals surface area contributed by atoms with Crippen molar-refractivity contribution in [2.45, 2.75) is 64.5 Å². The highest BCUT2D eigenvalue weighted by atomic mass is 16.5. The van der Waals surface area contributed by atoms with Crippen LogP contribution in [0.25, 0.3) is 0 Å². The van der Waals surface area contributed by atoms with Crippen LogP contribution >= 0.6 is 0 Å². The van der Waals surface area contributed by atoms with Crippen LogP contribution in [0.2, 0.25) is 0 Å². The summed E-state index contributed by atoms with van der Waals surface area (Å²) < 4.78 is 7.00. The van der Waals surface area contributed by atoms with Gasteiger partial charge >= 0.3 is 0 Å². The summed E-state index contributed by atoms with van der Waals surface area (Å²) >= 11 is 0. The molecule has 134 valence electrons. The first-order valence-electron chi connectivity index (χ1n) is 9.43. The van der Waals surface area contributed by atoms with Gasteiger partial charge in [0.1, 0.15) is 5.69 Å². The van der Waals surface area contributed by atoms with E-state index < -0.39 is 0 Å². The molecule has 1 aliphatic carbocycles. The normalized spacial score (nSPS) is 21.0. The van der Waals surface area contributed by atoms with Crippen LogP contribution < -0.4 is 0 Å². The van der Waals surface area contributed by atoms with Gasteiger partial charge in [0.25, 0.3) is 0 Å². The lowest BCUT2D eigenvalue weighted by Gasteiger charge is -2.34. The Morgan fingerprint density at radius 1 is 1.17 bits per heavy atom. The van der Waals surface area contributed by atoms with Crippen molar-refractivity contribution in [3.8, 4) is 0 Å². The minimum Gasteiger partial charge on any atom is -0.378 e. The third-order valence-electron chi connectivity index (χ3n) is 5.45. The van der Waals surface area contributed by atoms with E-state index in [-0.39, 0.29) is 5.92 Å². The maximum atomic E-state index is 12.7. The molecule has 1 saturated carbocycles. The van der Waals surface area contributed by atoms with Crippen LogP contribution in [0.3, 0.4) is 0 Å². The van der Waals surface area contributed by atoms with Gasteiger partial charge in [-0.3, -0.25) is 9.48 Å². The van der Waals surface area contributed by atoms with Gasteiger partial charge in [-0.1, -0.05) is 30.9 Å². The van der Waals surface area contributed by atoms with E-state index in [4.69, 9.17) is 4.74 Å². The highest BCUT2D eigenvalue weighted by Gasteiger charge is 2.28. The quantitative estimate of drug-likeness (QED) is 0.777. The van der Waals surface area contributed by atoms with E-state index in [1.54, 1.807) is 7.11 Å². The molecule has 1 saturated heterocycles. The van der Waals surface area contributed by atoms with E-state index in [2.05, 4.69) is 15.2 Å². The number of carbonyl (C=O) groups excluding carboxylic acids is 1. The molecule has 0 N–H and O–H groups in total. The fourth-order valence-electron chi connectivity index (χ4n) is 4.03. The Balaban J connectivity index is 1.45. The first kappa shape index (κ1) is 17.4. The Morgan fingerprint density at radius 2 is 1.88 bits per heavy atom. The summed E-state index contributed by atoms with van der Waals surface area (Å²) in [4.78, 5) is 14.8. The molecule has 2 aliphatic rings. The fraction of sp³-hybridized carbons (Fsp3) is 0.833. The van der Waals surface area contributed by atoms with Crippen molar-refractivity contribution >= 4 is 5.91 Å². The number of amides is 1. The lowest BCUT2D eigenvalue weighted by atomic mass is 9.93. The first-order chi connectivity index (χ1) is 11.8. The largest absolute Gasteiger partial charge is 0.378 e. The number of likely N-dealkylation sites (tertiary alicyclic amines) is 1. The predicted octanol–water partition coefficient (Wildman–Crippen LogP) is 2.63. The van der Waals surface area contributed by atoms with E-state index >= 15 is 0 Å². The van der Waals surface area contributed by atoms with Crippen LogP contribution in [0, 0.1) is 11.8 Å². The van der Waals surface area contributed by atoms with Gasteiger partial charge in [0.2, 0.25) is 5.91 Å². The molecule has 0 spiro atoms. The minimum atomic E-state index is 0.288. The van der Waals surface area contributed by atoms with Crippen LogP contribution in [-0.4, -0.2) is 46.0 Å². The molecule has 1 aliphatic heterocycles. The number of piperidine rings is 1. The number of aromatic nitrogens is 3. The summed E-state index contributed by atoms with van der Waals surface area (Å²) in [5, 5.41) is 8.28. The van der Waals surface area contributed by atoms with Crippen LogP contribution in [-0.2, 0) is 22.7 Å². The Hall–Kier alpha value is -1.43. The average molecular weight is 334 g/mol. The number of hydrogen-bond donors (Lipinski definition) is 0. The molecule has 0 aromatic carbocycles. The minimum absolute atomic E-state index is 0.288. The SMILES string of the molecule is COCc1cn(CC2CCN(C(=O)C3CCCCCC3)CC2)nn1. The molecule has 1 aromatic heterocycles. The van der Waals surface area contributed by atoms with Gasteiger partial charge in [0, 0.05) is 32.7 Å². The highest BCUT2D eigenvalue weighted by molar-refractivity contribution is 5.78. The molecular weight excluding hydrogens is 304 g/mol. The molecule has 1 aromatic rings. The van der Waals surface area contributed by atoms with Gasteiger partial charge in [-0.15, -0.1) is 5.10 Å². The Kier molecular flexibility index (Phi) is 6.24. The Labute approximate surface area is 144 Å². The van der Waals surface area contributed by atoms with Crippen molar-refractivity contribution < 1.29 is 9.53 Å². The van der Waals surface area contributed by atoms with Crippen molar-refractivity contribution in [3.63, 3.8) is 0 Å². The molecule has 0 bridgehead atoms. The van der Waals surface area contributed by atoms with Crippen LogP contribution in [0.4, 0.5) is 0 Å². The van der Waals surface area contributed by atoms with Crippen molar-refractivity contribution in [1.82, 2.24) is 19.9 Å². The van der Waals surface area contributed by atoms with Crippen molar-refractivity contribution in [1.29, 1.82) is 0 Å². The van der Waals surface area contributed by atoms with Gasteiger partial charge in [0.15, 0.2) is 0 Å². The van der Waals surface area contributed by atoms with E-state index in [9.17, 15) is 4.79 Å². The maximum absolute atomic E-state index is 12.7. The van der Waals surface area contributed by atoms with Crippen molar-refractivity contribution in [3.05, 3.63) is 11.9 Å². The second kappa shape index (κ2) is 8.60. The van der Waals surface area contributed by atoms with Gasteiger partial charge < -0.3 is 9.64 Å². The second-order valence-corrected chi connectivity index (χ2v) is 7.32. The molecule has 2 fully saturated rings. The molecule has 1 amide bonds. The van der Waals surface area contributed by atoms with Gasteiger partial charge in [-0.2, -0.15) is 0 Å². The van der Waals surface area contributed by atoms with E-state index in [1.807, 2.05) is 10.9 Å². The summed E-state index contributed by atoms with van der Waals surface area (Å²) in [5.41, 5.74) is 0.874.